The Morgan fingerprint density at radius 2 is 0.782 bits per heavy atom. The average molecular weight is 1110 g/mol. The van der Waals surface area contributed by atoms with Gasteiger partial charge in [0.2, 0.25) is 5.91 Å². The fourth-order valence-corrected chi connectivity index (χ4v) is 9.46. The first-order valence-electron chi connectivity index (χ1n) is 31.9. The number of allylic oxidation sites excluding steroid dienone is 19. The van der Waals surface area contributed by atoms with E-state index in [0.29, 0.717) is 17.4 Å². The Balaban J connectivity index is 4.15. The Labute approximate surface area is 482 Å². The van der Waals surface area contributed by atoms with Gasteiger partial charge in [-0.05, 0) is 96.3 Å². The number of aliphatic hydroxyl groups excluding tert-OH is 1. The van der Waals surface area contributed by atoms with Gasteiger partial charge in [0.15, 0.2) is 0 Å². The fraction of sp³-hybridized carbons (Fsp3) is 0.696. The van der Waals surface area contributed by atoms with Gasteiger partial charge in [0.25, 0.3) is 0 Å². The summed E-state index contributed by atoms with van der Waals surface area (Å²) in [6, 6.07) is -0.872. The number of hydrogen-bond acceptors (Lipinski definition) is 5. The molecule has 78 heavy (non-hydrogen) atoms. The van der Waals surface area contributed by atoms with Crippen LogP contribution in [0, 0.1) is 0 Å². The van der Waals surface area contributed by atoms with E-state index in [-0.39, 0.29) is 19.1 Å². The van der Waals surface area contributed by atoms with Gasteiger partial charge in [-0.2, -0.15) is 0 Å². The summed E-state index contributed by atoms with van der Waals surface area (Å²) < 4.78 is 23.7. The van der Waals surface area contributed by atoms with E-state index < -0.39 is 20.0 Å². The quantitative estimate of drug-likeness (QED) is 0.0243. The van der Waals surface area contributed by atoms with Crippen molar-refractivity contribution in [2.24, 2.45) is 0 Å². The predicted octanol–water partition coefficient (Wildman–Crippen LogP) is 20.1. The lowest BCUT2D eigenvalue weighted by molar-refractivity contribution is -0.870. The summed E-state index contributed by atoms with van der Waals surface area (Å²) in [6.45, 7) is 4.68. The number of hydrogen-bond donors (Lipinski definition) is 3. The average Bonchev–Trinajstić information content (AvgIpc) is 3.41. The van der Waals surface area contributed by atoms with Crippen molar-refractivity contribution in [2.75, 3.05) is 40.9 Å². The molecule has 0 saturated carbocycles. The molecule has 3 unspecified atom stereocenters. The van der Waals surface area contributed by atoms with Crippen molar-refractivity contribution < 1.29 is 32.9 Å². The number of nitrogens with one attached hydrogen (secondary N) is 1. The molecule has 0 aromatic heterocycles. The summed E-state index contributed by atoms with van der Waals surface area (Å²) in [5.41, 5.74) is 0. The highest BCUT2D eigenvalue weighted by molar-refractivity contribution is 7.47. The van der Waals surface area contributed by atoms with Crippen LogP contribution in [0.15, 0.2) is 122 Å². The smallest absolute Gasteiger partial charge is 0.387 e. The monoisotopic (exact) mass is 1110 g/mol. The van der Waals surface area contributed by atoms with Gasteiger partial charge in [0.1, 0.15) is 13.2 Å². The number of carbonyl (C=O) groups excluding carboxylic acids is 1. The van der Waals surface area contributed by atoms with Crippen molar-refractivity contribution in [3.05, 3.63) is 122 Å². The molecule has 0 heterocycles. The standard InChI is InChI=1S/C69H121N2O6P/c1-6-8-10-12-14-16-18-20-22-24-26-27-28-29-30-31-32-33-34-35-36-37-38-39-40-41-42-43-45-47-49-51-53-55-57-59-61-63-69(73)70-67(66-77-78(74,75)76-65-64-71(3,4)5)68(72)62-60-58-56-54-52-50-48-46-44-25-23-21-19-17-15-13-11-9-7-2/h8,10,14,16,20,22,26-27,29-30,32-33,35-36,38-39,52,54,60,62,67-68,72H,6-7,9,11-13,15,17-19,21,23-25,28,31,34,37,40-51,53,55-59,61,63-66H2,1-5H3,(H-,70,73,74,75)/p+1/b10-8-,16-14-,22-20-,27-26-,30-29-,33-32-,36-35-,39-38-,54-52+,62-60+. The summed E-state index contributed by atoms with van der Waals surface area (Å²) in [5, 5.41) is 13.9. The SMILES string of the molecule is CC/C=C\C/C=C\C/C=C\C/C=C\C/C=C\C/C=C\C/C=C\C/C=C\CCCCCCCCCCCCCCC(=O)NC(COP(=O)(O)OCC[N+](C)(C)C)C(O)/C=C/CC/C=C/CCCCCCCCCCCCCCC. The van der Waals surface area contributed by atoms with Crippen LogP contribution in [0.25, 0.3) is 0 Å². The van der Waals surface area contributed by atoms with Crippen molar-refractivity contribution in [1.29, 1.82) is 0 Å². The van der Waals surface area contributed by atoms with Gasteiger partial charge in [0, 0.05) is 6.42 Å². The van der Waals surface area contributed by atoms with E-state index in [0.717, 1.165) is 89.9 Å². The van der Waals surface area contributed by atoms with Crippen molar-refractivity contribution in [1.82, 2.24) is 5.32 Å². The number of unbranched alkanes of at least 4 members (excludes halogenated alkanes) is 26. The molecule has 0 saturated heterocycles. The molecular weight excluding hydrogens is 984 g/mol. The second kappa shape index (κ2) is 58.6. The maximum atomic E-state index is 13.0. The molecule has 0 spiro atoms. The summed E-state index contributed by atoms with van der Waals surface area (Å²) in [4.78, 5) is 23.3. The highest BCUT2D eigenvalue weighted by atomic mass is 31.2. The lowest BCUT2D eigenvalue weighted by Gasteiger charge is -2.25. The van der Waals surface area contributed by atoms with Crippen LogP contribution in [0.4, 0.5) is 0 Å². The predicted molar refractivity (Wildman–Crippen MR) is 341 cm³/mol. The number of carbonyl (C=O) groups is 1. The molecule has 8 nitrogen and oxygen atoms in total. The minimum atomic E-state index is -4.36. The number of nitrogens with zero attached hydrogens (tertiary/aromatic N) is 1. The lowest BCUT2D eigenvalue weighted by atomic mass is 10.0. The summed E-state index contributed by atoms with van der Waals surface area (Å²) >= 11 is 0. The first-order valence-corrected chi connectivity index (χ1v) is 33.4. The fourth-order valence-electron chi connectivity index (χ4n) is 8.72. The normalized spacial score (nSPS) is 14.6. The molecule has 0 aliphatic carbocycles. The van der Waals surface area contributed by atoms with Crippen LogP contribution in [0.5, 0.6) is 0 Å². The van der Waals surface area contributed by atoms with Crippen LogP contribution < -0.4 is 5.32 Å². The molecule has 0 radical (unpaired) electrons. The molecule has 0 rings (SSSR count). The van der Waals surface area contributed by atoms with Crippen molar-refractivity contribution >= 4 is 13.7 Å². The van der Waals surface area contributed by atoms with Crippen LogP contribution in [0.2, 0.25) is 0 Å². The molecular formula is C69H122N2O6P+. The number of aliphatic hydroxyl groups is 1. The molecule has 1 amide bonds. The number of amides is 1. The summed E-state index contributed by atoms with van der Waals surface area (Å²) in [6.07, 6.45) is 87.5. The van der Waals surface area contributed by atoms with E-state index >= 15 is 0 Å². The molecule has 0 fully saturated rings. The topological polar surface area (TPSA) is 105 Å². The Morgan fingerprint density at radius 1 is 0.449 bits per heavy atom. The van der Waals surface area contributed by atoms with Crippen LogP contribution in [-0.4, -0.2) is 73.4 Å². The minimum absolute atomic E-state index is 0.0510. The third kappa shape index (κ3) is 60.5. The second-order valence-electron chi connectivity index (χ2n) is 22.4. The third-order valence-corrected chi connectivity index (χ3v) is 14.6. The van der Waals surface area contributed by atoms with E-state index in [1.165, 1.54) is 148 Å². The summed E-state index contributed by atoms with van der Waals surface area (Å²) in [5.74, 6) is -0.192. The van der Waals surface area contributed by atoms with Crippen LogP contribution >= 0.6 is 7.82 Å². The van der Waals surface area contributed by atoms with Gasteiger partial charge in [0.05, 0.1) is 39.9 Å². The van der Waals surface area contributed by atoms with E-state index in [2.05, 4.69) is 129 Å². The molecule has 0 aromatic rings. The van der Waals surface area contributed by atoms with Gasteiger partial charge in [-0.15, -0.1) is 0 Å². The first-order chi connectivity index (χ1) is 38.0. The maximum Gasteiger partial charge on any atom is 0.472 e. The molecule has 0 aromatic carbocycles. The van der Waals surface area contributed by atoms with Gasteiger partial charge in [-0.25, -0.2) is 4.57 Å². The Morgan fingerprint density at radius 3 is 1.18 bits per heavy atom. The number of phosphoric acid groups is 1. The Kier molecular flexibility index (Phi) is 56.2. The zero-order valence-electron chi connectivity index (χ0n) is 51.1. The van der Waals surface area contributed by atoms with Crippen molar-refractivity contribution in [2.45, 2.75) is 270 Å². The van der Waals surface area contributed by atoms with Crippen LogP contribution in [0.3, 0.4) is 0 Å². The third-order valence-electron chi connectivity index (χ3n) is 13.7. The Bertz CT molecular complexity index is 1680. The number of likely N-dealkylation sites (N-methyl/N-ethyl adjacent to an activating group) is 1. The second-order valence-corrected chi connectivity index (χ2v) is 23.8. The largest absolute Gasteiger partial charge is 0.472 e. The van der Waals surface area contributed by atoms with E-state index in [1.54, 1.807) is 6.08 Å². The molecule has 0 aliphatic heterocycles. The molecule has 9 heteroatoms. The number of phosphoric ester groups is 1. The maximum absolute atomic E-state index is 13.0. The van der Waals surface area contributed by atoms with Gasteiger partial charge < -0.3 is 19.8 Å². The highest BCUT2D eigenvalue weighted by Gasteiger charge is 2.27. The molecule has 3 N–H and O–H groups in total. The zero-order chi connectivity index (χ0) is 57.0. The highest BCUT2D eigenvalue weighted by Crippen LogP contribution is 2.43. The number of quaternary nitrogens is 1. The van der Waals surface area contributed by atoms with Crippen LogP contribution in [-0.2, 0) is 18.4 Å². The minimum Gasteiger partial charge on any atom is -0.387 e. The van der Waals surface area contributed by atoms with Crippen molar-refractivity contribution in [3.8, 4) is 0 Å². The molecule has 0 aliphatic rings. The zero-order valence-corrected chi connectivity index (χ0v) is 52.0. The molecule has 3 atom stereocenters. The first kappa shape index (κ1) is 74.9. The Hall–Kier alpha value is -3.10. The van der Waals surface area contributed by atoms with Crippen molar-refractivity contribution in [3.63, 3.8) is 0 Å². The molecule has 448 valence electrons. The van der Waals surface area contributed by atoms with Gasteiger partial charge in [-0.1, -0.05) is 277 Å². The van der Waals surface area contributed by atoms with Gasteiger partial charge in [-0.3, -0.25) is 13.8 Å². The van der Waals surface area contributed by atoms with Gasteiger partial charge >= 0.3 is 7.82 Å². The van der Waals surface area contributed by atoms with E-state index in [4.69, 9.17) is 9.05 Å². The lowest BCUT2D eigenvalue weighted by Crippen LogP contribution is -2.45. The number of rotatable bonds is 57. The van der Waals surface area contributed by atoms with E-state index in [1.807, 2.05) is 27.2 Å². The summed E-state index contributed by atoms with van der Waals surface area (Å²) in [7, 11) is 1.54. The molecule has 0 bridgehead atoms. The van der Waals surface area contributed by atoms with E-state index in [9.17, 15) is 19.4 Å². The van der Waals surface area contributed by atoms with Crippen LogP contribution in [0.1, 0.15) is 258 Å².